The second-order valence-electron chi connectivity index (χ2n) is 5.18. The second kappa shape index (κ2) is 6.26. The van der Waals surface area contributed by atoms with Crippen LogP contribution in [0.5, 0.6) is 0 Å². The Labute approximate surface area is 112 Å². The van der Waals surface area contributed by atoms with Crippen molar-refractivity contribution in [3.8, 4) is 0 Å². The van der Waals surface area contributed by atoms with Crippen molar-refractivity contribution in [3.63, 3.8) is 0 Å². The molecule has 0 radical (unpaired) electrons. The van der Waals surface area contributed by atoms with Crippen LogP contribution in [0.15, 0.2) is 17.3 Å². The number of carbonyl (C=O) groups is 2. The van der Waals surface area contributed by atoms with E-state index in [1.807, 2.05) is 0 Å². The third-order valence-corrected chi connectivity index (χ3v) is 2.24. The van der Waals surface area contributed by atoms with Crippen molar-refractivity contribution in [2.75, 3.05) is 0 Å². The summed E-state index contributed by atoms with van der Waals surface area (Å²) in [6, 6.07) is 1.80. The number of rotatable bonds is 4. The molecule has 1 heterocycles. The number of hydrogen-bond acceptors (Lipinski definition) is 4. The largest absolute Gasteiger partial charge is 0.442 e. The highest BCUT2D eigenvalue weighted by molar-refractivity contribution is 6.40. The predicted molar refractivity (Wildman–Crippen MR) is 71.3 cm³/mol. The van der Waals surface area contributed by atoms with Gasteiger partial charge in [-0.15, -0.1) is 0 Å². The van der Waals surface area contributed by atoms with Gasteiger partial charge in [-0.05, 0) is 40.2 Å². The molecule has 0 spiro atoms. The number of Topliss-reactive ketones (excluding diaryl/α,β-unsaturated/α-hetero) is 1. The van der Waals surface area contributed by atoms with Gasteiger partial charge < -0.3 is 4.74 Å². The van der Waals surface area contributed by atoms with E-state index < -0.39 is 11.7 Å². The Bertz CT molecular complexity index is 470. The van der Waals surface area contributed by atoms with Crippen LogP contribution in [0.25, 0.3) is 0 Å². The number of aryl methyl sites for hydroxylation is 1. The van der Waals surface area contributed by atoms with Crippen molar-refractivity contribution in [2.45, 2.75) is 46.1 Å². The zero-order valence-corrected chi connectivity index (χ0v) is 11.7. The van der Waals surface area contributed by atoms with Crippen LogP contribution in [-0.2, 0) is 16.0 Å². The average Bonchev–Trinajstić information content (AvgIpc) is 2.75. The standard InChI is InChI=1S/C13H19N3O3/c1-9(15-12(18)19-13(2,3)4)11(17)6-5-10-7-8-14-16-10/h7-8H,5-6H2,1-4H3,(H,14,16). The van der Waals surface area contributed by atoms with Gasteiger partial charge >= 0.3 is 6.09 Å². The van der Waals surface area contributed by atoms with Gasteiger partial charge in [-0.3, -0.25) is 9.89 Å². The fourth-order valence-electron chi connectivity index (χ4n) is 1.34. The number of amides is 1. The van der Waals surface area contributed by atoms with Gasteiger partial charge in [0, 0.05) is 18.3 Å². The fourth-order valence-corrected chi connectivity index (χ4v) is 1.34. The van der Waals surface area contributed by atoms with Crippen molar-refractivity contribution in [2.24, 2.45) is 4.99 Å². The predicted octanol–water partition coefficient (Wildman–Crippen LogP) is 2.31. The number of nitrogens with zero attached hydrogens (tertiary/aromatic N) is 2. The maximum absolute atomic E-state index is 11.8. The van der Waals surface area contributed by atoms with E-state index >= 15 is 0 Å². The molecule has 1 amide bonds. The molecule has 0 aliphatic rings. The molecule has 0 unspecified atom stereocenters. The molecule has 1 aromatic heterocycles. The van der Waals surface area contributed by atoms with Crippen LogP contribution in [0.3, 0.4) is 0 Å². The molecule has 1 aromatic rings. The molecular weight excluding hydrogens is 246 g/mol. The van der Waals surface area contributed by atoms with Gasteiger partial charge in [-0.1, -0.05) is 0 Å². The van der Waals surface area contributed by atoms with Gasteiger partial charge in [-0.2, -0.15) is 10.1 Å². The van der Waals surface area contributed by atoms with E-state index in [2.05, 4.69) is 15.2 Å². The number of H-pyrrole nitrogens is 1. The number of aromatic nitrogens is 2. The summed E-state index contributed by atoms with van der Waals surface area (Å²) >= 11 is 0. The minimum absolute atomic E-state index is 0.161. The quantitative estimate of drug-likeness (QED) is 0.846. The van der Waals surface area contributed by atoms with Gasteiger partial charge in [-0.25, -0.2) is 4.79 Å². The number of ether oxygens (including phenoxy) is 1. The fraction of sp³-hybridized carbons (Fsp3) is 0.538. The number of carbonyl (C=O) groups excluding carboxylic acids is 2. The van der Waals surface area contributed by atoms with Crippen LogP contribution >= 0.6 is 0 Å². The van der Waals surface area contributed by atoms with Crippen molar-refractivity contribution in [3.05, 3.63) is 18.0 Å². The molecule has 0 aliphatic heterocycles. The number of ketones is 1. The highest BCUT2D eigenvalue weighted by atomic mass is 16.6. The zero-order valence-electron chi connectivity index (χ0n) is 11.7. The van der Waals surface area contributed by atoms with Crippen molar-refractivity contribution in [1.82, 2.24) is 10.2 Å². The van der Waals surface area contributed by atoms with E-state index in [0.29, 0.717) is 6.42 Å². The van der Waals surface area contributed by atoms with E-state index in [0.717, 1.165) is 5.69 Å². The lowest BCUT2D eigenvalue weighted by atomic mass is 10.1. The number of nitrogens with one attached hydrogen (secondary N) is 1. The smallest absolute Gasteiger partial charge is 0.434 e. The van der Waals surface area contributed by atoms with Crippen molar-refractivity contribution < 1.29 is 14.3 Å². The molecule has 0 aliphatic carbocycles. The first kappa shape index (κ1) is 15.1. The third kappa shape index (κ3) is 5.94. The van der Waals surface area contributed by atoms with Crippen molar-refractivity contribution >= 4 is 17.6 Å². The summed E-state index contributed by atoms with van der Waals surface area (Å²) in [5.74, 6) is -0.180. The molecule has 0 bridgehead atoms. The molecule has 1 N–H and O–H groups in total. The number of hydrogen-bond donors (Lipinski definition) is 1. The maximum atomic E-state index is 11.8. The van der Waals surface area contributed by atoms with Gasteiger partial charge in [0.25, 0.3) is 0 Å². The molecule has 104 valence electrons. The lowest BCUT2D eigenvalue weighted by Gasteiger charge is -2.17. The first-order valence-electron chi connectivity index (χ1n) is 6.07. The zero-order chi connectivity index (χ0) is 14.5. The lowest BCUT2D eigenvalue weighted by Crippen LogP contribution is -2.23. The topological polar surface area (TPSA) is 84.4 Å². The summed E-state index contributed by atoms with van der Waals surface area (Å²) < 4.78 is 5.01. The SMILES string of the molecule is CC(=NC(=O)OC(C)(C)C)C(=O)CCc1ccn[nH]1. The minimum atomic E-state index is -0.736. The lowest BCUT2D eigenvalue weighted by molar-refractivity contribution is -0.113. The normalized spacial score (nSPS) is 12.3. The first-order valence-corrected chi connectivity index (χ1v) is 6.07. The minimum Gasteiger partial charge on any atom is -0.442 e. The van der Waals surface area contributed by atoms with Gasteiger partial charge in [0.2, 0.25) is 0 Å². The Morgan fingerprint density at radius 1 is 1.42 bits per heavy atom. The van der Waals surface area contributed by atoms with Gasteiger partial charge in [0.1, 0.15) is 5.60 Å². The van der Waals surface area contributed by atoms with E-state index in [9.17, 15) is 9.59 Å². The summed E-state index contributed by atoms with van der Waals surface area (Å²) in [5, 5.41) is 6.56. The van der Waals surface area contributed by atoms with Gasteiger partial charge in [0.05, 0.1) is 5.71 Å². The summed E-state index contributed by atoms with van der Waals surface area (Å²) in [6.07, 6.45) is 1.71. The molecular formula is C13H19N3O3. The molecule has 0 saturated heterocycles. The van der Waals surface area contributed by atoms with Crippen LogP contribution in [0.1, 0.15) is 39.8 Å². The summed E-state index contributed by atoms with van der Waals surface area (Å²) in [4.78, 5) is 26.8. The Hall–Kier alpha value is -1.98. The number of aromatic amines is 1. The van der Waals surface area contributed by atoms with E-state index in [-0.39, 0.29) is 17.9 Å². The van der Waals surface area contributed by atoms with Gasteiger partial charge in [0.15, 0.2) is 5.78 Å². The van der Waals surface area contributed by atoms with Crippen molar-refractivity contribution in [1.29, 1.82) is 0 Å². The number of aliphatic imine (C=N–C) groups is 1. The molecule has 1 rings (SSSR count). The Kier molecular flexibility index (Phi) is 4.97. The van der Waals surface area contributed by atoms with Crippen LogP contribution in [0.2, 0.25) is 0 Å². The first-order chi connectivity index (χ1) is 8.78. The molecule has 0 fully saturated rings. The molecule has 0 saturated carbocycles. The monoisotopic (exact) mass is 265 g/mol. The molecule has 0 aromatic carbocycles. The van der Waals surface area contributed by atoms with E-state index in [4.69, 9.17) is 4.74 Å². The second-order valence-corrected chi connectivity index (χ2v) is 5.18. The third-order valence-electron chi connectivity index (χ3n) is 2.24. The highest BCUT2D eigenvalue weighted by Crippen LogP contribution is 2.08. The Morgan fingerprint density at radius 2 is 2.11 bits per heavy atom. The van der Waals surface area contributed by atoms with E-state index in [1.165, 1.54) is 6.92 Å². The summed E-state index contributed by atoms with van der Waals surface area (Å²) in [5.41, 5.74) is 0.423. The van der Waals surface area contributed by atoms with Crippen LogP contribution in [-0.4, -0.2) is 33.4 Å². The highest BCUT2D eigenvalue weighted by Gasteiger charge is 2.17. The van der Waals surface area contributed by atoms with Crippen LogP contribution < -0.4 is 0 Å². The molecule has 6 nitrogen and oxygen atoms in total. The Balaban J connectivity index is 2.49. The van der Waals surface area contributed by atoms with Crippen LogP contribution in [0, 0.1) is 0 Å². The summed E-state index contributed by atoms with van der Waals surface area (Å²) in [6.45, 7) is 6.75. The van der Waals surface area contributed by atoms with Crippen LogP contribution in [0.4, 0.5) is 4.79 Å². The maximum Gasteiger partial charge on any atom is 0.434 e. The Morgan fingerprint density at radius 3 is 2.63 bits per heavy atom. The molecule has 6 heteroatoms. The van der Waals surface area contributed by atoms with E-state index in [1.54, 1.807) is 33.0 Å². The molecule has 19 heavy (non-hydrogen) atoms. The average molecular weight is 265 g/mol. The summed E-state index contributed by atoms with van der Waals surface area (Å²) in [7, 11) is 0. The molecule has 0 atom stereocenters.